The van der Waals surface area contributed by atoms with Gasteiger partial charge in [-0.2, -0.15) is 9.40 Å². The van der Waals surface area contributed by atoms with Crippen LogP contribution < -0.4 is 0 Å². The van der Waals surface area contributed by atoms with Crippen LogP contribution in [-0.2, 0) is 21.4 Å². The van der Waals surface area contributed by atoms with Gasteiger partial charge < -0.3 is 10.2 Å². The topological polar surface area (TPSA) is 113 Å². The van der Waals surface area contributed by atoms with Gasteiger partial charge in [-0.05, 0) is 13.8 Å². The Balaban J connectivity index is 3.21. The fourth-order valence-electron chi connectivity index (χ4n) is 2.16. The Labute approximate surface area is 124 Å². The minimum absolute atomic E-state index is 0.0119. The molecular weight excluding hydrogens is 298 g/mol. The summed E-state index contributed by atoms with van der Waals surface area (Å²) in [6.07, 6.45) is -0.129. The lowest BCUT2D eigenvalue weighted by atomic mass is 10.4. The number of aryl methyl sites for hydroxylation is 2. The van der Waals surface area contributed by atoms with E-state index in [9.17, 15) is 13.2 Å². The van der Waals surface area contributed by atoms with E-state index >= 15 is 0 Å². The van der Waals surface area contributed by atoms with E-state index in [0.29, 0.717) is 11.4 Å². The highest BCUT2D eigenvalue weighted by atomic mass is 32.2. The van der Waals surface area contributed by atoms with E-state index in [2.05, 4.69) is 5.10 Å². The largest absolute Gasteiger partial charge is 0.481 e. The molecule has 8 nitrogen and oxygen atoms in total. The van der Waals surface area contributed by atoms with Crippen LogP contribution in [0.3, 0.4) is 0 Å². The molecule has 0 saturated carbocycles. The third kappa shape index (κ3) is 3.80. The number of nitrogens with zero attached hydrogens (tertiary/aromatic N) is 3. The van der Waals surface area contributed by atoms with E-state index in [1.807, 2.05) is 0 Å². The Morgan fingerprint density at radius 2 is 2.00 bits per heavy atom. The fourth-order valence-corrected chi connectivity index (χ4v) is 3.97. The second kappa shape index (κ2) is 7.01. The summed E-state index contributed by atoms with van der Waals surface area (Å²) < 4.78 is 27.7. The molecule has 0 atom stereocenters. The number of aliphatic hydroxyl groups excluding tert-OH is 1. The molecule has 0 saturated heterocycles. The van der Waals surface area contributed by atoms with Crippen LogP contribution >= 0.6 is 0 Å². The average Bonchev–Trinajstić information content (AvgIpc) is 2.68. The van der Waals surface area contributed by atoms with Crippen molar-refractivity contribution in [1.29, 1.82) is 0 Å². The number of carboxylic acid groups (broad SMARTS) is 1. The molecule has 0 fully saturated rings. The van der Waals surface area contributed by atoms with Gasteiger partial charge in [0.25, 0.3) is 0 Å². The van der Waals surface area contributed by atoms with Gasteiger partial charge in [0.2, 0.25) is 10.0 Å². The number of carbonyl (C=O) groups is 1. The van der Waals surface area contributed by atoms with Crippen LogP contribution in [0.2, 0.25) is 0 Å². The highest BCUT2D eigenvalue weighted by Crippen LogP contribution is 2.23. The number of rotatable bonds is 8. The molecule has 120 valence electrons. The van der Waals surface area contributed by atoms with E-state index in [1.54, 1.807) is 20.8 Å². The lowest BCUT2D eigenvalue weighted by Crippen LogP contribution is -2.34. The van der Waals surface area contributed by atoms with Crippen molar-refractivity contribution in [2.45, 2.75) is 38.6 Å². The van der Waals surface area contributed by atoms with Crippen LogP contribution in [-0.4, -0.2) is 58.4 Å². The Hall–Kier alpha value is -1.45. The molecule has 1 rings (SSSR count). The summed E-state index contributed by atoms with van der Waals surface area (Å²) in [6, 6.07) is 0. The molecule has 0 aliphatic rings. The van der Waals surface area contributed by atoms with Gasteiger partial charge in [0, 0.05) is 13.1 Å². The number of sulfonamides is 1. The standard InChI is InChI=1S/C12H21N3O5S/c1-4-14(7-8-16)21(19,20)12-9(2)13-15(10(12)3)6-5-11(17)18/h16H,4-8H2,1-3H3,(H,17,18). The number of aliphatic hydroxyl groups is 1. The lowest BCUT2D eigenvalue weighted by molar-refractivity contribution is -0.137. The molecule has 0 radical (unpaired) electrons. The van der Waals surface area contributed by atoms with Crippen LogP contribution in [0.5, 0.6) is 0 Å². The maximum Gasteiger partial charge on any atom is 0.305 e. The highest BCUT2D eigenvalue weighted by molar-refractivity contribution is 7.89. The van der Waals surface area contributed by atoms with Crippen molar-refractivity contribution in [2.75, 3.05) is 19.7 Å². The molecule has 2 N–H and O–H groups in total. The summed E-state index contributed by atoms with van der Waals surface area (Å²) in [5.74, 6) is -0.970. The van der Waals surface area contributed by atoms with E-state index < -0.39 is 16.0 Å². The predicted molar refractivity (Wildman–Crippen MR) is 75.5 cm³/mol. The Morgan fingerprint density at radius 3 is 2.48 bits per heavy atom. The first-order chi connectivity index (χ1) is 9.75. The maximum atomic E-state index is 12.6. The van der Waals surface area contributed by atoms with Gasteiger partial charge in [0.05, 0.1) is 31.0 Å². The van der Waals surface area contributed by atoms with Crippen molar-refractivity contribution >= 4 is 16.0 Å². The molecule has 0 aliphatic heterocycles. The van der Waals surface area contributed by atoms with Gasteiger partial charge in [0.1, 0.15) is 4.90 Å². The molecule has 1 heterocycles. The second-order valence-electron chi connectivity index (χ2n) is 4.59. The Bertz CT molecular complexity index is 609. The van der Waals surface area contributed by atoms with Crippen molar-refractivity contribution in [1.82, 2.24) is 14.1 Å². The van der Waals surface area contributed by atoms with Crippen molar-refractivity contribution in [3.8, 4) is 0 Å². The minimum atomic E-state index is -3.75. The van der Waals surface area contributed by atoms with Gasteiger partial charge in [0.15, 0.2) is 0 Å². The summed E-state index contributed by atoms with van der Waals surface area (Å²) >= 11 is 0. The average molecular weight is 319 g/mol. The molecule has 0 unspecified atom stereocenters. The third-order valence-electron chi connectivity index (χ3n) is 3.15. The molecule has 1 aromatic rings. The van der Waals surface area contributed by atoms with E-state index in [1.165, 1.54) is 8.99 Å². The van der Waals surface area contributed by atoms with Crippen LogP contribution in [0.1, 0.15) is 24.7 Å². The predicted octanol–water partition coefficient (Wildman–Crippen LogP) is -0.0225. The van der Waals surface area contributed by atoms with Crippen LogP contribution in [0.15, 0.2) is 4.90 Å². The fraction of sp³-hybridized carbons (Fsp3) is 0.667. The molecule has 21 heavy (non-hydrogen) atoms. The summed E-state index contributed by atoms with van der Waals surface area (Å²) in [5, 5.41) is 21.8. The van der Waals surface area contributed by atoms with Crippen LogP contribution in [0, 0.1) is 13.8 Å². The van der Waals surface area contributed by atoms with Gasteiger partial charge >= 0.3 is 5.97 Å². The van der Waals surface area contributed by atoms with Crippen LogP contribution in [0.25, 0.3) is 0 Å². The van der Waals surface area contributed by atoms with Crippen molar-refractivity contribution in [3.05, 3.63) is 11.4 Å². The molecule has 9 heteroatoms. The maximum absolute atomic E-state index is 12.6. The lowest BCUT2D eigenvalue weighted by Gasteiger charge is -2.19. The molecule has 0 aromatic carbocycles. The summed E-state index contributed by atoms with van der Waals surface area (Å²) in [6.45, 7) is 4.96. The Morgan fingerprint density at radius 1 is 1.38 bits per heavy atom. The smallest absolute Gasteiger partial charge is 0.305 e. The molecule has 0 spiro atoms. The minimum Gasteiger partial charge on any atom is -0.481 e. The first-order valence-electron chi connectivity index (χ1n) is 6.62. The number of likely N-dealkylation sites (N-methyl/N-ethyl adjacent to an activating group) is 1. The van der Waals surface area contributed by atoms with Gasteiger partial charge in [-0.1, -0.05) is 6.92 Å². The number of hydrogen-bond acceptors (Lipinski definition) is 5. The number of aromatic nitrogens is 2. The highest BCUT2D eigenvalue weighted by Gasteiger charge is 2.29. The van der Waals surface area contributed by atoms with Gasteiger partial charge in [-0.15, -0.1) is 0 Å². The number of carboxylic acids is 1. The molecular formula is C12H21N3O5S. The van der Waals surface area contributed by atoms with E-state index in [4.69, 9.17) is 10.2 Å². The normalized spacial score (nSPS) is 12.0. The summed E-state index contributed by atoms with van der Waals surface area (Å²) in [7, 11) is -3.75. The SMILES string of the molecule is CCN(CCO)S(=O)(=O)c1c(C)nn(CCC(=O)O)c1C. The van der Waals surface area contributed by atoms with Crippen molar-refractivity contribution < 1.29 is 23.4 Å². The quantitative estimate of drug-likeness (QED) is 0.696. The number of aliphatic carboxylic acids is 1. The molecule has 0 bridgehead atoms. The first kappa shape index (κ1) is 17.6. The summed E-state index contributed by atoms with van der Waals surface area (Å²) in [4.78, 5) is 10.7. The molecule has 1 aromatic heterocycles. The Kier molecular flexibility index (Phi) is 5.87. The second-order valence-corrected chi connectivity index (χ2v) is 6.46. The zero-order valence-corrected chi connectivity index (χ0v) is 13.2. The van der Waals surface area contributed by atoms with Gasteiger partial charge in [-0.25, -0.2) is 8.42 Å². The molecule has 0 aliphatic carbocycles. The van der Waals surface area contributed by atoms with Gasteiger partial charge in [-0.3, -0.25) is 9.48 Å². The molecule has 0 amide bonds. The zero-order chi connectivity index (χ0) is 16.2. The monoisotopic (exact) mass is 319 g/mol. The van der Waals surface area contributed by atoms with E-state index in [0.717, 1.165) is 0 Å². The van der Waals surface area contributed by atoms with Crippen molar-refractivity contribution in [2.24, 2.45) is 0 Å². The number of hydrogen-bond donors (Lipinski definition) is 2. The third-order valence-corrected chi connectivity index (χ3v) is 5.38. The van der Waals surface area contributed by atoms with Crippen molar-refractivity contribution in [3.63, 3.8) is 0 Å². The van der Waals surface area contributed by atoms with E-state index in [-0.39, 0.29) is 37.6 Å². The van der Waals surface area contributed by atoms with Crippen LogP contribution in [0.4, 0.5) is 0 Å². The first-order valence-corrected chi connectivity index (χ1v) is 8.06. The zero-order valence-electron chi connectivity index (χ0n) is 12.4. The summed E-state index contributed by atoms with van der Waals surface area (Å²) in [5.41, 5.74) is 0.736.